The van der Waals surface area contributed by atoms with Crippen molar-refractivity contribution in [3.63, 3.8) is 0 Å². The van der Waals surface area contributed by atoms with Crippen molar-refractivity contribution in [2.75, 3.05) is 45.9 Å². The Hall–Kier alpha value is -2.91. The summed E-state index contributed by atoms with van der Waals surface area (Å²) in [5.41, 5.74) is 1.62. The molecule has 0 radical (unpaired) electrons. The van der Waals surface area contributed by atoms with E-state index in [1.54, 1.807) is 38.0 Å². The number of rotatable bonds is 8. The van der Waals surface area contributed by atoms with E-state index in [-0.39, 0.29) is 36.1 Å². The molecule has 0 bridgehead atoms. The lowest BCUT2D eigenvalue weighted by Crippen LogP contribution is -2.42. The van der Waals surface area contributed by atoms with E-state index in [4.69, 9.17) is 18.9 Å². The van der Waals surface area contributed by atoms with Gasteiger partial charge in [0.2, 0.25) is 17.6 Å². The van der Waals surface area contributed by atoms with Crippen molar-refractivity contribution in [1.29, 1.82) is 0 Å². The molecule has 4 rings (SSSR count). The van der Waals surface area contributed by atoms with Gasteiger partial charge in [0.05, 0.1) is 33.1 Å². The quantitative estimate of drug-likeness (QED) is 0.610. The van der Waals surface area contributed by atoms with Gasteiger partial charge in [0.15, 0.2) is 11.5 Å². The molecule has 182 valence electrons. The van der Waals surface area contributed by atoms with Gasteiger partial charge in [-0.2, -0.15) is 0 Å². The first-order valence-electron chi connectivity index (χ1n) is 11.3. The predicted molar refractivity (Wildman–Crippen MR) is 130 cm³/mol. The zero-order chi connectivity index (χ0) is 24.1. The minimum atomic E-state index is -0.199. The molecule has 2 heterocycles. The molecule has 2 atom stereocenters. The Morgan fingerprint density at radius 1 is 1.15 bits per heavy atom. The Morgan fingerprint density at radius 2 is 1.88 bits per heavy atom. The molecule has 2 aromatic rings. The van der Waals surface area contributed by atoms with Gasteiger partial charge in [0.25, 0.3) is 0 Å². The van der Waals surface area contributed by atoms with Crippen LogP contribution in [-0.4, -0.2) is 58.9 Å². The molecule has 0 aromatic heterocycles. The number of methoxy groups -OCH3 is 3. The van der Waals surface area contributed by atoms with Crippen molar-refractivity contribution in [3.8, 4) is 17.2 Å². The third-order valence-corrected chi connectivity index (χ3v) is 7.32. The molecule has 1 saturated heterocycles. The summed E-state index contributed by atoms with van der Waals surface area (Å²) < 4.78 is 22.0. The number of ether oxygens (including phenoxy) is 4. The van der Waals surface area contributed by atoms with E-state index in [1.807, 2.05) is 36.4 Å². The van der Waals surface area contributed by atoms with Crippen molar-refractivity contribution in [3.05, 3.63) is 42.0 Å². The summed E-state index contributed by atoms with van der Waals surface area (Å²) in [5, 5.41) is 2.73. The van der Waals surface area contributed by atoms with Gasteiger partial charge in [-0.1, -0.05) is 12.1 Å². The molecule has 0 aliphatic carbocycles. The summed E-state index contributed by atoms with van der Waals surface area (Å²) in [6, 6.07) is 11.4. The topological polar surface area (TPSA) is 86.3 Å². The van der Waals surface area contributed by atoms with Gasteiger partial charge < -0.3 is 29.2 Å². The Kier molecular flexibility index (Phi) is 7.84. The van der Waals surface area contributed by atoms with E-state index in [0.717, 1.165) is 35.6 Å². The first kappa shape index (κ1) is 24.2. The fourth-order valence-corrected chi connectivity index (χ4v) is 5.52. The van der Waals surface area contributed by atoms with E-state index < -0.39 is 0 Å². The lowest BCUT2D eigenvalue weighted by Gasteiger charge is -2.22. The number of carbonyl (C=O) groups excluding carboxylic acids is 2. The van der Waals surface area contributed by atoms with Crippen molar-refractivity contribution in [2.24, 2.45) is 0 Å². The number of para-hydroxylation sites is 1. The van der Waals surface area contributed by atoms with E-state index in [9.17, 15) is 9.59 Å². The number of anilines is 1. The molecular formula is C25H30N2O6S. The van der Waals surface area contributed by atoms with Gasteiger partial charge in [0, 0.05) is 29.7 Å². The fraction of sp³-hybridized carbons (Fsp3) is 0.440. The summed E-state index contributed by atoms with van der Waals surface area (Å²) in [6.07, 6.45) is 2.23. The predicted octanol–water partition coefficient (Wildman–Crippen LogP) is 3.58. The molecule has 0 unspecified atom stereocenters. The average Bonchev–Trinajstić information content (AvgIpc) is 3.34. The van der Waals surface area contributed by atoms with Gasteiger partial charge in [-0.25, -0.2) is 0 Å². The van der Waals surface area contributed by atoms with Gasteiger partial charge in [-0.05, 0) is 42.7 Å². The first-order valence-corrected chi connectivity index (χ1v) is 12.2. The monoisotopic (exact) mass is 486 g/mol. The van der Waals surface area contributed by atoms with Crippen LogP contribution >= 0.6 is 11.8 Å². The maximum absolute atomic E-state index is 13.4. The maximum Gasteiger partial charge on any atom is 0.240 e. The SMILES string of the molecule is COc1cc([C@@H]2CC(=O)N(CC(=O)NC[C@@H]3CCCO3)c3ccccc3S2)cc(OC)c1OC. The van der Waals surface area contributed by atoms with Gasteiger partial charge in [-0.15, -0.1) is 11.8 Å². The Labute approximate surface area is 203 Å². The van der Waals surface area contributed by atoms with Crippen LogP contribution in [0.3, 0.4) is 0 Å². The number of amides is 2. The lowest BCUT2D eigenvalue weighted by molar-refractivity contribution is -0.124. The van der Waals surface area contributed by atoms with Crippen molar-refractivity contribution in [2.45, 2.75) is 35.5 Å². The summed E-state index contributed by atoms with van der Waals surface area (Å²) in [6.45, 7) is 1.16. The van der Waals surface area contributed by atoms with Gasteiger partial charge in [-0.3, -0.25) is 9.59 Å². The molecule has 2 amide bonds. The third kappa shape index (κ3) is 5.26. The minimum Gasteiger partial charge on any atom is -0.493 e. The smallest absolute Gasteiger partial charge is 0.240 e. The number of benzene rings is 2. The van der Waals surface area contributed by atoms with E-state index in [0.29, 0.717) is 23.8 Å². The largest absolute Gasteiger partial charge is 0.493 e. The number of hydrogen-bond acceptors (Lipinski definition) is 7. The molecule has 2 aromatic carbocycles. The second-order valence-corrected chi connectivity index (χ2v) is 9.40. The van der Waals surface area contributed by atoms with Crippen LogP contribution in [0.1, 0.15) is 30.1 Å². The van der Waals surface area contributed by atoms with Crippen LogP contribution in [0.2, 0.25) is 0 Å². The fourth-order valence-electron chi connectivity index (χ4n) is 4.26. The number of fused-ring (bicyclic) bond motifs is 1. The zero-order valence-electron chi connectivity index (χ0n) is 19.7. The molecule has 1 N–H and O–H groups in total. The lowest BCUT2D eigenvalue weighted by atomic mass is 10.1. The third-order valence-electron chi connectivity index (χ3n) is 6.00. The Morgan fingerprint density at radius 3 is 2.53 bits per heavy atom. The number of nitrogens with one attached hydrogen (secondary N) is 1. The molecule has 34 heavy (non-hydrogen) atoms. The average molecular weight is 487 g/mol. The molecular weight excluding hydrogens is 456 g/mol. The van der Waals surface area contributed by atoms with E-state index in [1.165, 1.54) is 0 Å². The highest BCUT2D eigenvalue weighted by Gasteiger charge is 2.31. The van der Waals surface area contributed by atoms with E-state index >= 15 is 0 Å². The van der Waals surface area contributed by atoms with Crippen LogP contribution in [0.5, 0.6) is 17.2 Å². The number of carbonyl (C=O) groups is 2. The van der Waals surface area contributed by atoms with Crippen LogP contribution in [0, 0.1) is 0 Å². The van der Waals surface area contributed by atoms with Crippen molar-refractivity contribution < 1.29 is 28.5 Å². The van der Waals surface area contributed by atoms with Crippen LogP contribution in [0.25, 0.3) is 0 Å². The van der Waals surface area contributed by atoms with Crippen LogP contribution in [0.4, 0.5) is 5.69 Å². The van der Waals surface area contributed by atoms with Gasteiger partial charge in [0.1, 0.15) is 6.54 Å². The first-order chi connectivity index (χ1) is 16.5. The summed E-state index contributed by atoms with van der Waals surface area (Å²) >= 11 is 1.58. The number of thioether (sulfide) groups is 1. The molecule has 8 nitrogen and oxygen atoms in total. The molecule has 2 aliphatic rings. The number of nitrogens with zero attached hydrogens (tertiary/aromatic N) is 1. The molecule has 2 aliphatic heterocycles. The summed E-state index contributed by atoms with van der Waals surface area (Å²) in [5.74, 6) is 1.25. The molecule has 9 heteroatoms. The van der Waals surface area contributed by atoms with Gasteiger partial charge >= 0.3 is 0 Å². The maximum atomic E-state index is 13.4. The second kappa shape index (κ2) is 11.0. The van der Waals surface area contributed by atoms with Crippen molar-refractivity contribution in [1.82, 2.24) is 5.32 Å². The molecule has 0 saturated carbocycles. The summed E-state index contributed by atoms with van der Waals surface area (Å²) in [7, 11) is 4.69. The van der Waals surface area contributed by atoms with E-state index in [2.05, 4.69) is 5.32 Å². The second-order valence-electron chi connectivity index (χ2n) is 8.16. The van der Waals surface area contributed by atoms with Crippen LogP contribution in [-0.2, 0) is 14.3 Å². The molecule has 1 fully saturated rings. The minimum absolute atomic E-state index is 0.0366. The van der Waals surface area contributed by atoms with Crippen LogP contribution in [0.15, 0.2) is 41.3 Å². The Bertz CT molecular complexity index is 1010. The summed E-state index contributed by atoms with van der Waals surface area (Å²) in [4.78, 5) is 28.6. The highest BCUT2D eigenvalue weighted by atomic mass is 32.2. The zero-order valence-corrected chi connectivity index (χ0v) is 20.5. The number of hydrogen-bond donors (Lipinski definition) is 1. The van der Waals surface area contributed by atoms with Crippen LogP contribution < -0.4 is 24.4 Å². The molecule has 0 spiro atoms. The van der Waals surface area contributed by atoms with Crippen molar-refractivity contribution >= 4 is 29.3 Å². The standard InChI is InChI=1S/C25H30N2O6S/c1-30-19-11-16(12-20(31-2)25(19)32-3)22-13-24(29)27(18-8-4-5-9-21(18)34-22)15-23(28)26-14-17-7-6-10-33-17/h4-5,8-9,11-12,17,22H,6-7,10,13-15H2,1-3H3,(H,26,28)/t17-,22-/m0/s1. The Balaban J connectivity index is 1.58. The highest BCUT2D eigenvalue weighted by Crippen LogP contribution is 2.48. The normalized spacial score (nSPS) is 19.9. The highest BCUT2D eigenvalue weighted by molar-refractivity contribution is 7.99.